The van der Waals surface area contributed by atoms with E-state index >= 15 is 0 Å². The number of nitrogens with zero attached hydrogens (tertiary/aromatic N) is 1. The molecule has 138 valence electrons. The Hall–Kier alpha value is -3.01. The fourth-order valence-corrected chi connectivity index (χ4v) is 3.12. The first-order chi connectivity index (χ1) is 13.0. The van der Waals surface area contributed by atoms with Crippen molar-refractivity contribution in [2.75, 3.05) is 18.5 Å². The molecule has 3 aromatic rings. The van der Waals surface area contributed by atoms with E-state index in [4.69, 9.17) is 9.47 Å². The maximum Gasteiger partial charge on any atom is 0.163 e. The molecule has 2 aromatic carbocycles. The van der Waals surface area contributed by atoms with Gasteiger partial charge in [-0.15, -0.1) is 0 Å². The fraction of sp³-hybridized carbons (Fsp3) is 0.261. The monoisotopic (exact) mass is 360 g/mol. The van der Waals surface area contributed by atoms with E-state index in [1.807, 2.05) is 30.6 Å². The maximum atomic E-state index is 5.65. The molecule has 1 aromatic heterocycles. The third kappa shape index (κ3) is 3.90. The number of rotatable bonds is 3. The van der Waals surface area contributed by atoms with Crippen molar-refractivity contribution in [3.05, 3.63) is 66.5 Å². The van der Waals surface area contributed by atoms with Gasteiger partial charge in [0.05, 0.1) is 11.9 Å². The molecule has 0 aliphatic carbocycles. The van der Waals surface area contributed by atoms with E-state index in [0.29, 0.717) is 13.2 Å². The molecule has 0 radical (unpaired) electrons. The van der Waals surface area contributed by atoms with Crippen LogP contribution >= 0.6 is 0 Å². The first-order valence-electron chi connectivity index (χ1n) is 9.22. The molecule has 0 saturated carbocycles. The normalized spacial score (nSPS) is 13.3. The van der Waals surface area contributed by atoms with Gasteiger partial charge in [-0.05, 0) is 34.7 Å². The number of aromatic nitrogens is 1. The van der Waals surface area contributed by atoms with Crippen LogP contribution in [0.4, 0.5) is 11.4 Å². The highest BCUT2D eigenvalue weighted by Gasteiger charge is 2.14. The molecule has 4 rings (SSSR count). The summed E-state index contributed by atoms with van der Waals surface area (Å²) in [6, 6.07) is 16.7. The van der Waals surface area contributed by atoms with Crippen LogP contribution in [0.25, 0.3) is 11.1 Å². The van der Waals surface area contributed by atoms with Crippen LogP contribution in [0.1, 0.15) is 26.3 Å². The van der Waals surface area contributed by atoms with E-state index in [9.17, 15) is 0 Å². The molecule has 2 heterocycles. The number of ether oxygens (including phenoxy) is 2. The Morgan fingerprint density at radius 3 is 2.26 bits per heavy atom. The average molecular weight is 360 g/mol. The molecular formula is C23H24N2O2. The molecule has 1 N–H and O–H groups in total. The predicted octanol–water partition coefficient (Wildman–Crippen LogP) is 5.56. The van der Waals surface area contributed by atoms with E-state index in [1.54, 1.807) is 0 Å². The van der Waals surface area contributed by atoms with Gasteiger partial charge in [-0.3, -0.25) is 4.98 Å². The van der Waals surface area contributed by atoms with Crippen molar-refractivity contribution in [3.63, 3.8) is 0 Å². The lowest BCUT2D eigenvalue weighted by Crippen LogP contribution is -2.15. The van der Waals surface area contributed by atoms with Gasteiger partial charge in [0.2, 0.25) is 0 Å². The minimum Gasteiger partial charge on any atom is -0.486 e. The zero-order valence-corrected chi connectivity index (χ0v) is 16.0. The zero-order valence-electron chi connectivity index (χ0n) is 16.0. The van der Waals surface area contributed by atoms with Crippen molar-refractivity contribution in [2.24, 2.45) is 0 Å². The summed E-state index contributed by atoms with van der Waals surface area (Å²) in [6.45, 7) is 7.85. The van der Waals surface area contributed by atoms with Crippen LogP contribution in [0.5, 0.6) is 11.5 Å². The molecule has 0 fully saturated rings. The molecule has 0 unspecified atom stereocenters. The number of hydrogen-bond donors (Lipinski definition) is 1. The molecule has 1 aliphatic heterocycles. The van der Waals surface area contributed by atoms with Gasteiger partial charge in [0, 0.05) is 23.5 Å². The van der Waals surface area contributed by atoms with E-state index in [1.165, 1.54) is 5.56 Å². The molecule has 1 aliphatic rings. The van der Waals surface area contributed by atoms with Crippen molar-refractivity contribution in [3.8, 4) is 22.6 Å². The summed E-state index contributed by atoms with van der Waals surface area (Å²) in [5.41, 5.74) is 5.59. The van der Waals surface area contributed by atoms with Gasteiger partial charge in [0.1, 0.15) is 13.2 Å². The lowest BCUT2D eigenvalue weighted by molar-refractivity contribution is 0.171. The van der Waals surface area contributed by atoms with Gasteiger partial charge < -0.3 is 14.8 Å². The second-order valence-corrected chi connectivity index (χ2v) is 7.77. The Labute approximate surface area is 160 Å². The van der Waals surface area contributed by atoms with Crippen molar-refractivity contribution in [1.82, 2.24) is 4.98 Å². The topological polar surface area (TPSA) is 43.4 Å². The smallest absolute Gasteiger partial charge is 0.163 e. The summed E-state index contributed by atoms with van der Waals surface area (Å²) >= 11 is 0. The van der Waals surface area contributed by atoms with Gasteiger partial charge in [-0.1, -0.05) is 45.0 Å². The van der Waals surface area contributed by atoms with Crippen molar-refractivity contribution in [2.45, 2.75) is 26.2 Å². The predicted molar refractivity (Wildman–Crippen MR) is 109 cm³/mol. The van der Waals surface area contributed by atoms with Crippen LogP contribution in [-0.2, 0) is 5.41 Å². The van der Waals surface area contributed by atoms with Crippen LogP contribution in [0.15, 0.2) is 60.9 Å². The number of fused-ring (bicyclic) bond motifs is 1. The molecule has 27 heavy (non-hydrogen) atoms. The summed E-state index contributed by atoms with van der Waals surface area (Å²) < 4.78 is 11.2. The molecule has 0 bridgehead atoms. The van der Waals surface area contributed by atoms with Crippen LogP contribution in [0, 0.1) is 0 Å². The number of pyridine rings is 1. The Morgan fingerprint density at radius 1 is 0.778 bits per heavy atom. The van der Waals surface area contributed by atoms with Crippen LogP contribution in [-0.4, -0.2) is 18.2 Å². The van der Waals surface area contributed by atoms with Gasteiger partial charge in [-0.2, -0.15) is 0 Å². The van der Waals surface area contributed by atoms with Gasteiger partial charge in [0.15, 0.2) is 11.5 Å². The number of hydrogen-bond acceptors (Lipinski definition) is 4. The number of nitrogens with one attached hydrogen (secondary N) is 1. The van der Waals surface area contributed by atoms with Crippen LogP contribution in [0.3, 0.4) is 0 Å². The molecule has 0 atom stereocenters. The molecule has 0 amide bonds. The Morgan fingerprint density at radius 2 is 1.52 bits per heavy atom. The van der Waals surface area contributed by atoms with E-state index in [2.05, 4.69) is 61.4 Å². The number of anilines is 2. The standard InChI is InChI=1S/C23H24N2O2/c1-23(2,3)18-6-4-16(5-7-18)17-12-20(15-24-14-17)25-19-8-9-21-22(13-19)27-11-10-26-21/h4-9,12-15,25H,10-11H2,1-3H3. The third-order valence-electron chi connectivity index (χ3n) is 4.65. The Kier molecular flexibility index (Phi) is 4.48. The highest BCUT2D eigenvalue weighted by Crippen LogP contribution is 2.34. The molecule has 4 nitrogen and oxygen atoms in total. The first-order valence-corrected chi connectivity index (χ1v) is 9.22. The molecule has 0 spiro atoms. The zero-order chi connectivity index (χ0) is 18.9. The van der Waals surface area contributed by atoms with Crippen LogP contribution < -0.4 is 14.8 Å². The third-order valence-corrected chi connectivity index (χ3v) is 4.65. The van der Waals surface area contributed by atoms with Gasteiger partial charge >= 0.3 is 0 Å². The van der Waals surface area contributed by atoms with Crippen molar-refractivity contribution < 1.29 is 9.47 Å². The fourth-order valence-electron chi connectivity index (χ4n) is 3.12. The Balaban J connectivity index is 1.56. The second-order valence-electron chi connectivity index (χ2n) is 7.77. The highest BCUT2D eigenvalue weighted by atomic mass is 16.6. The highest BCUT2D eigenvalue weighted by molar-refractivity contribution is 5.70. The largest absolute Gasteiger partial charge is 0.486 e. The second kappa shape index (κ2) is 6.95. The van der Waals surface area contributed by atoms with E-state index in [0.717, 1.165) is 34.0 Å². The number of benzene rings is 2. The van der Waals surface area contributed by atoms with Gasteiger partial charge in [0.25, 0.3) is 0 Å². The summed E-state index contributed by atoms with van der Waals surface area (Å²) in [7, 11) is 0. The maximum absolute atomic E-state index is 5.65. The van der Waals surface area contributed by atoms with Crippen LogP contribution in [0.2, 0.25) is 0 Å². The Bertz CT molecular complexity index is 943. The van der Waals surface area contributed by atoms with E-state index in [-0.39, 0.29) is 5.41 Å². The molecule has 4 heteroatoms. The van der Waals surface area contributed by atoms with Crippen molar-refractivity contribution in [1.29, 1.82) is 0 Å². The lowest BCUT2D eigenvalue weighted by atomic mass is 9.86. The summed E-state index contributed by atoms with van der Waals surface area (Å²) in [5, 5.41) is 3.40. The minimum absolute atomic E-state index is 0.151. The van der Waals surface area contributed by atoms with Gasteiger partial charge in [-0.25, -0.2) is 0 Å². The quantitative estimate of drug-likeness (QED) is 0.664. The average Bonchev–Trinajstić information content (AvgIpc) is 2.68. The minimum atomic E-state index is 0.151. The SMILES string of the molecule is CC(C)(C)c1ccc(-c2cncc(Nc3ccc4c(c3)OCCO4)c2)cc1. The summed E-state index contributed by atoms with van der Waals surface area (Å²) in [5.74, 6) is 1.56. The molecular weight excluding hydrogens is 336 g/mol. The van der Waals surface area contributed by atoms with E-state index < -0.39 is 0 Å². The molecule has 0 saturated heterocycles. The summed E-state index contributed by atoms with van der Waals surface area (Å²) in [4.78, 5) is 4.40. The first kappa shape index (κ1) is 17.4. The van der Waals surface area contributed by atoms with Crippen molar-refractivity contribution >= 4 is 11.4 Å². The lowest BCUT2D eigenvalue weighted by Gasteiger charge is -2.19. The summed E-state index contributed by atoms with van der Waals surface area (Å²) in [6.07, 6.45) is 3.71.